The molecule has 1 amide bonds. The van der Waals surface area contributed by atoms with Crippen molar-refractivity contribution in [3.8, 4) is 0 Å². The van der Waals surface area contributed by atoms with Crippen LogP contribution in [0.1, 0.15) is 46.0 Å². The number of carbonyl (C=O) groups is 1. The molecule has 0 aromatic carbocycles. The minimum Gasteiger partial charge on any atom is -0.394 e. The van der Waals surface area contributed by atoms with Crippen LogP contribution in [0, 0.1) is 5.92 Å². The van der Waals surface area contributed by atoms with Crippen LogP contribution in [-0.4, -0.2) is 29.2 Å². The first-order chi connectivity index (χ1) is 7.47. The first kappa shape index (κ1) is 13.5. The van der Waals surface area contributed by atoms with E-state index in [1.54, 1.807) is 0 Å². The molecule has 1 rings (SSSR count). The average molecular weight is 228 g/mol. The molecule has 4 nitrogen and oxygen atoms in total. The summed E-state index contributed by atoms with van der Waals surface area (Å²) in [5.41, 5.74) is 5.19. The van der Waals surface area contributed by atoms with Crippen molar-refractivity contribution in [1.29, 1.82) is 0 Å². The smallest absolute Gasteiger partial charge is 0.222 e. The second-order valence-electron chi connectivity index (χ2n) is 5.35. The van der Waals surface area contributed by atoms with Gasteiger partial charge in [-0.15, -0.1) is 0 Å². The van der Waals surface area contributed by atoms with Crippen LogP contribution in [0.3, 0.4) is 0 Å². The third-order valence-corrected chi connectivity index (χ3v) is 3.45. The van der Waals surface area contributed by atoms with Crippen LogP contribution in [0.25, 0.3) is 0 Å². The Bertz CT molecular complexity index is 233. The number of hydrogen-bond donors (Lipinski definition) is 3. The van der Waals surface area contributed by atoms with E-state index in [2.05, 4.69) is 12.2 Å². The van der Waals surface area contributed by atoms with Gasteiger partial charge in [-0.3, -0.25) is 4.79 Å². The maximum absolute atomic E-state index is 11.7. The van der Waals surface area contributed by atoms with Gasteiger partial charge in [0.1, 0.15) is 0 Å². The molecule has 1 saturated carbocycles. The molecule has 4 heteroatoms. The average Bonchev–Trinajstić information content (AvgIpc) is 2.21. The highest BCUT2D eigenvalue weighted by atomic mass is 16.3. The lowest BCUT2D eigenvalue weighted by molar-refractivity contribution is -0.124. The lowest BCUT2D eigenvalue weighted by Crippen LogP contribution is -2.53. The summed E-state index contributed by atoms with van der Waals surface area (Å²) < 4.78 is 0. The summed E-state index contributed by atoms with van der Waals surface area (Å²) in [6, 6.07) is -0.127. The number of nitrogens with two attached hydrogens (primary N) is 1. The lowest BCUT2D eigenvalue weighted by atomic mass is 9.77. The topological polar surface area (TPSA) is 75.4 Å². The summed E-state index contributed by atoms with van der Waals surface area (Å²) in [4.78, 5) is 11.7. The van der Waals surface area contributed by atoms with Gasteiger partial charge in [0.15, 0.2) is 0 Å². The molecule has 4 N–H and O–H groups in total. The number of aliphatic hydroxyl groups excluding tert-OH is 1. The number of aliphatic hydroxyl groups is 1. The van der Waals surface area contributed by atoms with Crippen LogP contribution in [0.2, 0.25) is 0 Å². The molecule has 0 radical (unpaired) electrons. The van der Waals surface area contributed by atoms with E-state index in [0.717, 1.165) is 25.7 Å². The minimum atomic E-state index is -0.390. The van der Waals surface area contributed by atoms with E-state index in [1.807, 2.05) is 6.92 Å². The highest BCUT2D eigenvalue weighted by Crippen LogP contribution is 2.31. The number of rotatable bonds is 4. The molecule has 0 aromatic rings. The quantitative estimate of drug-likeness (QED) is 0.665. The number of carbonyl (C=O) groups excluding carboxylic acids is 1. The largest absolute Gasteiger partial charge is 0.394 e. The van der Waals surface area contributed by atoms with Gasteiger partial charge in [0.05, 0.1) is 12.1 Å². The summed E-state index contributed by atoms with van der Waals surface area (Å²) in [6.45, 7) is 4.06. The molecule has 1 fully saturated rings. The summed E-state index contributed by atoms with van der Waals surface area (Å²) in [7, 11) is 0. The Morgan fingerprint density at radius 1 is 1.56 bits per heavy atom. The normalized spacial score (nSPS) is 32.1. The highest BCUT2D eigenvalue weighted by Gasteiger charge is 2.34. The van der Waals surface area contributed by atoms with Crippen LogP contribution in [0.5, 0.6) is 0 Å². The van der Waals surface area contributed by atoms with Gasteiger partial charge in [0, 0.05) is 12.5 Å². The van der Waals surface area contributed by atoms with Gasteiger partial charge < -0.3 is 16.2 Å². The van der Waals surface area contributed by atoms with E-state index in [9.17, 15) is 9.90 Å². The molecule has 0 bridgehead atoms. The summed E-state index contributed by atoms with van der Waals surface area (Å²) in [5, 5.41) is 12.4. The molecule has 0 aliphatic heterocycles. The van der Waals surface area contributed by atoms with Crippen molar-refractivity contribution in [2.45, 2.75) is 57.5 Å². The second kappa shape index (κ2) is 5.64. The predicted molar refractivity (Wildman–Crippen MR) is 63.9 cm³/mol. The van der Waals surface area contributed by atoms with E-state index in [4.69, 9.17) is 5.73 Å². The van der Waals surface area contributed by atoms with Crippen molar-refractivity contribution >= 4 is 5.91 Å². The van der Waals surface area contributed by atoms with E-state index in [1.165, 1.54) is 0 Å². The molecule has 1 unspecified atom stereocenters. The van der Waals surface area contributed by atoms with E-state index in [0.29, 0.717) is 12.3 Å². The van der Waals surface area contributed by atoms with Gasteiger partial charge in [0.25, 0.3) is 0 Å². The SMILES string of the molecule is CC(N)CC(=O)NC1(CO)CCC(C)CC1. The Hall–Kier alpha value is -0.610. The van der Waals surface area contributed by atoms with Gasteiger partial charge in [-0.1, -0.05) is 6.92 Å². The van der Waals surface area contributed by atoms with Gasteiger partial charge in [-0.2, -0.15) is 0 Å². The molecule has 1 aliphatic carbocycles. The van der Waals surface area contributed by atoms with Gasteiger partial charge >= 0.3 is 0 Å². The minimum absolute atomic E-state index is 0.0322. The Kier molecular flexibility index (Phi) is 4.74. The third-order valence-electron chi connectivity index (χ3n) is 3.45. The van der Waals surface area contributed by atoms with Crippen molar-refractivity contribution in [3.05, 3.63) is 0 Å². The second-order valence-corrected chi connectivity index (χ2v) is 5.35. The van der Waals surface area contributed by atoms with Crippen molar-refractivity contribution in [2.24, 2.45) is 11.7 Å². The molecule has 16 heavy (non-hydrogen) atoms. The van der Waals surface area contributed by atoms with Crippen molar-refractivity contribution in [3.63, 3.8) is 0 Å². The molecule has 1 aliphatic rings. The molecule has 0 heterocycles. The molecule has 0 spiro atoms. The Morgan fingerprint density at radius 2 is 2.12 bits per heavy atom. The van der Waals surface area contributed by atoms with Crippen LogP contribution in [0.4, 0.5) is 0 Å². The Labute approximate surface area is 97.6 Å². The fourth-order valence-corrected chi connectivity index (χ4v) is 2.28. The molecular formula is C12H24N2O2. The standard InChI is InChI=1S/C12H24N2O2/c1-9-3-5-12(8-15,6-4-9)14-11(16)7-10(2)13/h9-10,15H,3-8,13H2,1-2H3,(H,14,16). The van der Waals surface area contributed by atoms with E-state index < -0.39 is 5.54 Å². The fourth-order valence-electron chi connectivity index (χ4n) is 2.28. The van der Waals surface area contributed by atoms with Crippen LogP contribution < -0.4 is 11.1 Å². The van der Waals surface area contributed by atoms with Crippen molar-refractivity contribution < 1.29 is 9.90 Å². The Balaban J connectivity index is 2.50. The maximum Gasteiger partial charge on any atom is 0.222 e. The summed E-state index contributed by atoms with van der Waals surface area (Å²) >= 11 is 0. The van der Waals surface area contributed by atoms with E-state index in [-0.39, 0.29) is 18.6 Å². The predicted octanol–water partition coefficient (Wildman–Crippen LogP) is 0.781. The van der Waals surface area contributed by atoms with Crippen LogP contribution >= 0.6 is 0 Å². The molecule has 1 atom stereocenters. The lowest BCUT2D eigenvalue weighted by Gasteiger charge is -2.38. The monoisotopic (exact) mass is 228 g/mol. The number of nitrogens with one attached hydrogen (secondary N) is 1. The van der Waals surface area contributed by atoms with Gasteiger partial charge in [-0.05, 0) is 38.5 Å². The van der Waals surface area contributed by atoms with Crippen LogP contribution in [0.15, 0.2) is 0 Å². The number of hydrogen-bond acceptors (Lipinski definition) is 3. The number of amides is 1. The third kappa shape index (κ3) is 3.76. The zero-order valence-electron chi connectivity index (χ0n) is 10.3. The van der Waals surface area contributed by atoms with Crippen molar-refractivity contribution in [1.82, 2.24) is 5.32 Å². The first-order valence-corrected chi connectivity index (χ1v) is 6.15. The molecule has 0 saturated heterocycles. The maximum atomic E-state index is 11.7. The van der Waals surface area contributed by atoms with Crippen LogP contribution in [-0.2, 0) is 4.79 Å². The zero-order valence-corrected chi connectivity index (χ0v) is 10.3. The molecular weight excluding hydrogens is 204 g/mol. The van der Waals surface area contributed by atoms with Gasteiger partial charge in [0.2, 0.25) is 5.91 Å². The molecule has 94 valence electrons. The molecule has 0 aromatic heterocycles. The van der Waals surface area contributed by atoms with Crippen molar-refractivity contribution in [2.75, 3.05) is 6.61 Å². The summed E-state index contributed by atoms with van der Waals surface area (Å²) in [5.74, 6) is 0.656. The summed E-state index contributed by atoms with van der Waals surface area (Å²) in [6.07, 6.45) is 4.21. The zero-order chi connectivity index (χ0) is 12.2. The van der Waals surface area contributed by atoms with E-state index >= 15 is 0 Å². The fraction of sp³-hybridized carbons (Fsp3) is 0.917. The first-order valence-electron chi connectivity index (χ1n) is 6.15. The Morgan fingerprint density at radius 3 is 2.56 bits per heavy atom. The van der Waals surface area contributed by atoms with Gasteiger partial charge in [-0.25, -0.2) is 0 Å². The highest BCUT2D eigenvalue weighted by molar-refractivity contribution is 5.77.